The quantitative estimate of drug-likeness (QED) is 0.135. The van der Waals surface area contributed by atoms with Gasteiger partial charge in [-0.15, -0.1) is 0 Å². The van der Waals surface area contributed by atoms with Gasteiger partial charge in [0.2, 0.25) is 0 Å². The molecule has 0 unspecified atom stereocenters. The van der Waals surface area contributed by atoms with Crippen LogP contribution in [0.4, 0.5) is 0 Å². The van der Waals surface area contributed by atoms with E-state index < -0.39 is 0 Å². The lowest BCUT2D eigenvalue weighted by Gasteiger charge is -2.20. The lowest BCUT2D eigenvalue weighted by Crippen LogP contribution is -2.32. The van der Waals surface area contributed by atoms with Gasteiger partial charge >= 0.3 is 0 Å². The number of hydrogen-bond donors (Lipinski definition) is 0. The van der Waals surface area contributed by atoms with Crippen molar-refractivity contribution in [2.75, 3.05) is 39.5 Å². The average molecular weight is 1050 g/mol. The van der Waals surface area contributed by atoms with Crippen molar-refractivity contribution in [2.45, 2.75) is 98.2 Å². The largest absolute Gasteiger partial charge is 0.491 e. The molecule has 0 radical (unpaired) electrons. The Hall–Kier alpha value is -8.07. The van der Waals surface area contributed by atoms with Crippen molar-refractivity contribution in [2.24, 2.45) is 17.8 Å². The molecular weight excluding hydrogens is 979 g/mol. The second-order valence-corrected chi connectivity index (χ2v) is 21.2. The van der Waals surface area contributed by atoms with Crippen LogP contribution < -0.4 is 14.2 Å². The summed E-state index contributed by atoms with van der Waals surface area (Å²) in [6.07, 6.45) is 27.2. The normalized spacial score (nSPS) is 20.0. The minimum atomic E-state index is -0.0171. The molecule has 3 aromatic heterocycles. The maximum atomic E-state index is 13.1. The zero-order valence-corrected chi connectivity index (χ0v) is 45.1. The van der Waals surface area contributed by atoms with Crippen LogP contribution >= 0.6 is 0 Å². The molecule has 78 heavy (non-hydrogen) atoms. The lowest BCUT2D eigenvalue weighted by molar-refractivity contribution is 0.0732. The molecule has 0 bridgehead atoms. The van der Waals surface area contributed by atoms with E-state index in [1.807, 2.05) is 36.4 Å². The fourth-order valence-electron chi connectivity index (χ4n) is 10.6. The van der Waals surface area contributed by atoms with Gasteiger partial charge in [-0.05, 0) is 164 Å². The fourth-order valence-corrected chi connectivity index (χ4v) is 10.6. The Morgan fingerprint density at radius 1 is 0.423 bits per heavy atom. The molecule has 3 amide bonds. The molecular formula is C63H69N9O6. The number of carbonyl (C=O) groups excluding carboxylic acids is 3. The first kappa shape index (κ1) is 53.3. The van der Waals surface area contributed by atoms with Crippen LogP contribution in [-0.4, -0.2) is 102 Å². The molecule has 15 heteroatoms. The third kappa shape index (κ3) is 13.4. The first-order chi connectivity index (χ1) is 38.1. The van der Waals surface area contributed by atoms with Gasteiger partial charge in [-0.1, -0.05) is 57.2 Å². The maximum absolute atomic E-state index is 13.1. The van der Waals surface area contributed by atoms with Gasteiger partial charge in [0.1, 0.15) is 54.5 Å². The second kappa shape index (κ2) is 25.4. The van der Waals surface area contributed by atoms with E-state index in [0.717, 1.165) is 73.0 Å². The number of hydrogen-bond acceptors (Lipinski definition) is 12. The Morgan fingerprint density at radius 2 is 0.705 bits per heavy atom. The van der Waals surface area contributed by atoms with Gasteiger partial charge in [0.05, 0.1) is 56.0 Å². The first-order valence-electron chi connectivity index (χ1n) is 27.7. The van der Waals surface area contributed by atoms with Crippen LogP contribution in [0.5, 0.6) is 17.2 Å². The van der Waals surface area contributed by atoms with E-state index in [0.29, 0.717) is 111 Å². The molecule has 0 saturated carbocycles. The Labute approximate surface area is 457 Å². The number of benzene rings is 3. The third-order valence-corrected chi connectivity index (χ3v) is 15.3. The third-order valence-electron chi connectivity index (χ3n) is 15.3. The number of carbonyl (C=O) groups is 3. The number of amides is 3. The van der Waals surface area contributed by atoms with E-state index in [1.54, 1.807) is 70.1 Å². The summed E-state index contributed by atoms with van der Waals surface area (Å²) in [5.74, 6) is 6.10. The molecule has 0 N–H and O–H groups in total. The number of fused-ring (bicyclic) bond motifs is 3. The molecule has 0 fully saturated rings. The molecule has 6 aromatic rings. The topological polar surface area (TPSA) is 166 Å². The lowest BCUT2D eigenvalue weighted by atomic mass is 9.87. The van der Waals surface area contributed by atoms with Gasteiger partial charge in [0.25, 0.3) is 17.7 Å². The van der Waals surface area contributed by atoms with Gasteiger partial charge < -0.3 is 28.9 Å². The van der Waals surface area contributed by atoms with Crippen LogP contribution in [0.2, 0.25) is 0 Å². The Bertz CT molecular complexity index is 2830. The van der Waals surface area contributed by atoms with E-state index in [9.17, 15) is 14.4 Å². The molecule has 3 atom stereocenters. The minimum Gasteiger partial charge on any atom is -0.491 e. The first-order valence-corrected chi connectivity index (χ1v) is 27.7. The Morgan fingerprint density at radius 3 is 0.962 bits per heavy atom. The van der Waals surface area contributed by atoms with Crippen LogP contribution in [0.3, 0.4) is 0 Å². The highest BCUT2D eigenvalue weighted by Gasteiger charge is 2.29. The van der Waals surface area contributed by atoms with Crippen LogP contribution in [-0.2, 0) is 19.6 Å². The predicted molar refractivity (Wildman–Crippen MR) is 299 cm³/mol. The number of aromatic nitrogens is 6. The number of allylic oxidation sites excluding steroid dienone is 6. The Kier molecular flexibility index (Phi) is 17.4. The summed E-state index contributed by atoms with van der Waals surface area (Å²) in [6, 6.07) is 23.3. The summed E-state index contributed by atoms with van der Waals surface area (Å²) < 4.78 is 17.5. The summed E-state index contributed by atoms with van der Waals surface area (Å²) in [4.78, 5) is 70.0. The maximum Gasteiger partial charge on any atom is 0.258 e. The summed E-state index contributed by atoms with van der Waals surface area (Å²) in [6.45, 7) is 11.1. The van der Waals surface area contributed by atoms with E-state index in [1.165, 1.54) is 36.0 Å². The minimum absolute atomic E-state index is 0.0171. The zero-order chi connectivity index (χ0) is 53.8. The number of nitrogens with zero attached hydrogens (tertiary/aromatic N) is 9. The molecule has 15 nitrogen and oxygen atoms in total. The van der Waals surface area contributed by atoms with E-state index >= 15 is 0 Å². The van der Waals surface area contributed by atoms with Crippen LogP contribution in [0, 0.1) is 17.8 Å². The summed E-state index contributed by atoms with van der Waals surface area (Å²) in [5.41, 5.74) is 9.30. The van der Waals surface area contributed by atoms with Crippen molar-refractivity contribution in [3.05, 3.63) is 179 Å². The molecule has 6 heterocycles. The SMILES string of the molecule is C[C@@H]1CC=C(c2ccc3c(c2)C(=O)N(Cc2ncccn2)CCO3)CC1.C[C@H]1CC=C(c2ccc3c(c2)C(=O)N(Cc2ncccn2)CCO3)CC1.C[C@H]1CC=C(c2ccc3c(c2)C(=O)N(Cc2ncccn2)CCO3)CC1. The molecule has 3 aliphatic carbocycles. The molecule has 3 aromatic carbocycles. The van der Waals surface area contributed by atoms with Crippen LogP contribution in [0.15, 0.2) is 128 Å². The van der Waals surface area contributed by atoms with E-state index in [4.69, 9.17) is 14.2 Å². The van der Waals surface area contributed by atoms with Crippen molar-refractivity contribution < 1.29 is 28.6 Å². The summed E-state index contributed by atoms with van der Waals surface area (Å²) in [5, 5.41) is 0. The van der Waals surface area contributed by atoms with Gasteiger partial charge in [0.15, 0.2) is 0 Å². The molecule has 0 spiro atoms. The highest BCUT2D eigenvalue weighted by atomic mass is 16.5. The van der Waals surface area contributed by atoms with Gasteiger partial charge in [-0.2, -0.15) is 0 Å². The van der Waals surface area contributed by atoms with Crippen molar-refractivity contribution in [1.29, 1.82) is 0 Å². The standard InChI is InChI=1S/3C21H23N3O2/c3*1-15-3-5-16(6-4-15)17-7-8-19-18(13-17)21(25)24(11-12-26-19)14-20-22-9-2-10-23-20/h3*2,5,7-10,13,15H,3-4,6,11-12,14H2,1H3/t3*15-/m100/s1. The van der Waals surface area contributed by atoms with Crippen molar-refractivity contribution in [3.8, 4) is 17.2 Å². The van der Waals surface area contributed by atoms with Gasteiger partial charge in [-0.25, -0.2) is 29.9 Å². The highest BCUT2D eigenvalue weighted by Crippen LogP contribution is 2.37. The predicted octanol–water partition coefficient (Wildman–Crippen LogP) is 11.1. The zero-order valence-electron chi connectivity index (χ0n) is 45.1. The number of ether oxygens (including phenoxy) is 3. The van der Waals surface area contributed by atoms with Crippen molar-refractivity contribution in [1.82, 2.24) is 44.6 Å². The summed E-state index contributed by atoms with van der Waals surface area (Å²) in [7, 11) is 0. The van der Waals surface area contributed by atoms with Gasteiger partial charge in [0, 0.05) is 37.2 Å². The highest BCUT2D eigenvalue weighted by molar-refractivity contribution is 5.99. The summed E-state index contributed by atoms with van der Waals surface area (Å²) >= 11 is 0. The fraction of sp³-hybridized carbons (Fsp3) is 0.381. The van der Waals surface area contributed by atoms with Gasteiger partial charge in [-0.3, -0.25) is 14.4 Å². The molecule has 12 rings (SSSR count). The molecule has 6 aliphatic rings. The van der Waals surface area contributed by atoms with Crippen molar-refractivity contribution >= 4 is 34.4 Å². The molecule has 0 saturated heterocycles. The molecule has 3 aliphatic heterocycles. The average Bonchev–Trinajstić information content (AvgIpc) is 3.86. The second-order valence-electron chi connectivity index (χ2n) is 21.2. The van der Waals surface area contributed by atoms with Crippen molar-refractivity contribution in [3.63, 3.8) is 0 Å². The monoisotopic (exact) mass is 1050 g/mol. The molecule has 402 valence electrons. The number of rotatable bonds is 9. The van der Waals surface area contributed by atoms with E-state index in [2.05, 4.69) is 87.1 Å². The van der Waals surface area contributed by atoms with Crippen LogP contribution in [0.25, 0.3) is 16.7 Å². The smallest absolute Gasteiger partial charge is 0.258 e. The van der Waals surface area contributed by atoms with Crippen LogP contribution in [0.1, 0.15) is 144 Å². The Balaban J connectivity index is 0.000000132. The van der Waals surface area contributed by atoms with E-state index in [-0.39, 0.29) is 17.7 Å².